The van der Waals surface area contributed by atoms with Crippen LogP contribution in [0.2, 0.25) is 0 Å². The maximum absolute atomic E-state index is 9.24. The third-order valence-corrected chi connectivity index (χ3v) is 3.90. The van der Waals surface area contributed by atoms with Crippen molar-refractivity contribution >= 4 is 0 Å². The molecule has 1 heterocycles. The van der Waals surface area contributed by atoms with Crippen LogP contribution in [0.15, 0.2) is 0 Å². The van der Waals surface area contributed by atoms with E-state index in [0.29, 0.717) is 12.6 Å². The number of aromatic nitrogens is 4. The molecular formula is C13H25N5O. The molecule has 6 heteroatoms. The zero-order chi connectivity index (χ0) is 13.5. The van der Waals surface area contributed by atoms with Gasteiger partial charge in [-0.15, -0.1) is 5.10 Å². The van der Waals surface area contributed by atoms with Crippen molar-refractivity contribution < 1.29 is 5.11 Å². The highest BCUT2D eigenvalue weighted by Crippen LogP contribution is 2.24. The molecule has 0 radical (unpaired) electrons. The summed E-state index contributed by atoms with van der Waals surface area (Å²) in [4.78, 5) is 2.33. The number of tetrazole rings is 1. The van der Waals surface area contributed by atoms with Crippen molar-refractivity contribution in [3.8, 4) is 0 Å². The van der Waals surface area contributed by atoms with E-state index in [0.717, 1.165) is 31.8 Å². The Balaban J connectivity index is 1.97. The largest absolute Gasteiger partial charge is 0.395 e. The number of unbranched alkanes of at least 4 members (excludes halogenated alkanes) is 1. The fraction of sp³-hybridized carbons (Fsp3) is 0.923. The second kappa shape index (κ2) is 7.55. The molecule has 0 amide bonds. The molecule has 0 saturated heterocycles. The topological polar surface area (TPSA) is 67.1 Å². The number of hydrogen-bond donors (Lipinski definition) is 1. The van der Waals surface area contributed by atoms with Gasteiger partial charge in [0.1, 0.15) is 0 Å². The van der Waals surface area contributed by atoms with Crippen LogP contribution in [0.3, 0.4) is 0 Å². The van der Waals surface area contributed by atoms with Crippen LogP contribution in [-0.4, -0.2) is 49.4 Å². The molecule has 1 aromatic rings. The van der Waals surface area contributed by atoms with E-state index in [1.165, 1.54) is 25.7 Å². The van der Waals surface area contributed by atoms with Gasteiger partial charge in [-0.25, -0.2) is 4.68 Å². The van der Waals surface area contributed by atoms with Crippen LogP contribution >= 0.6 is 0 Å². The van der Waals surface area contributed by atoms with Crippen LogP contribution in [0.5, 0.6) is 0 Å². The monoisotopic (exact) mass is 267 g/mol. The summed E-state index contributed by atoms with van der Waals surface area (Å²) >= 11 is 0. The molecule has 108 valence electrons. The SMILES string of the molecule is CCCCn1nnnc1CN(CCO)C1CCCC1. The summed E-state index contributed by atoms with van der Waals surface area (Å²) in [5.74, 6) is 0.925. The Morgan fingerprint density at radius 1 is 1.37 bits per heavy atom. The van der Waals surface area contributed by atoms with Gasteiger partial charge in [-0.3, -0.25) is 4.90 Å². The van der Waals surface area contributed by atoms with Gasteiger partial charge in [0, 0.05) is 19.1 Å². The number of rotatable bonds is 8. The second-order valence-electron chi connectivity index (χ2n) is 5.30. The molecule has 0 aromatic carbocycles. The third-order valence-electron chi connectivity index (χ3n) is 3.90. The summed E-state index contributed by atoms with van der Waals surface area (Å²) in [7, 11) is 0. The zero-order valence-electron chi connectivity index (χ0n) is 11.8. The quantitative estimate of drug-likeness (QED) is 0.767. The average molecular weight is 267 g/mol. The first-order valence-electron chi connectivity index (χ1n) is 7.45. The minimum absolute atomic E-state index is 0.201. The molecule has 0 aliphatic heterocycles. The van der Waals surface area contributed by atoms with Gasteiger partial charge in [-0.05, 0) is 29.7 Å². The van der Waals surface area contributed by atoms with Crippen LogP contribution in [0.25, 0.3) is 0 Å². The molecule has 19 heavy (non-hydrogen) atoms. The predicted molar refractivity (Wildman–Crippen MR) is 72.5 cm³/mol. The molecule has 1 aliphatic rings. The van der Waals surface area contributed by atoms with Gasteiger partial charge in [0.15, 0.2) is 5.82 Å². The first-order chi connectivity index (χ1) is 9.35. The number of aliphatic hydroxyl groups is 1. The van der Waals surface area contributed by atoms with Crippen molar-refractivity contribution in [1.82, 2.24) is 25.1 Å². The minimum Gasteiger partial charge on any atom is -0.395 e. The van der Waals surface area contributed by atoms with E-state index < -0.39 is 0 Å². The van der Waals surface area contributed by atoms with Crippen molar-refractivity contribution in [2.45, 2.75) is 64.6 Å². The zero-order valence-corrected chi connectivity index (χ0v) is 11.8. The van der Waals surface area contributed by atoms with Crippen LogP contribution in [0.1, 0.15) is 51.3 Å². The van der Waals surface area contributed by atoms with E-state index in [1.54, 1.807) is 0 Å². The number of hydrogen-bond acceptors (Lipinski definition) is 5. The normalized spacial score (nSPS) is 16.6. The van der Waals surface area contributed by atoms with Gasteiger partial charge < -0.3 is 5.11 Å². The van der Waals surface area contributed by atoms with Gasteiger partial charge in [0.05, 0.1) is 13.2 Å². The molecule has 0 spiro atoms. The highest BCUT2D eigenvalue weighted by atomic mass is 16.3. The van der Waals surface area contributed by atoms with Gasteiger partial charge in [0.2, 0.25) is 0 Å². The van der Waals surface area contributed by atoms with E-state index in [2.05, 4.69) is 27.3 Å². The number of aliphatic hydroxyl groups excluding tert-OH is 1. The van der Waals surface area contributed by atoms with Crippen molar-refractivity contribution in [2.75, 3.05) is 13.2 Å². The highest BCUT2D eigenvalue weighted by molar-refractivity contribution is 4.85. The summed E-state index contributed by atoms with van der Waals surface area (Å²) in [6, 6.07) is 0.587. The summed E-state index contributed by atoms with van der Waals surface area (Å²) in [5, 5.41) is 21.2. The van der Waals surface area contributed by atoms with E-state index >= 15 is 0 Å². The van der Waals surface area contributed by atoms with Gasteiger partial charge in [0.25, 0.3) is 0 Å². The molecule has 0 bridgehead atoms. The Kier molecular flexibility index (Phi) is 5.72. The molecule has 2 rings (SSSR count). The molecule has 0 atom stereocenters. The van der Waals surface area contributed by atoms with E-state index in [9.17, 15) is 5.11 Å². The molecule has 6 nitrogen and oxygen atoms in total. The van der Waals surface area contributed by atoms with Crippen molar-refractivity contribution in [3.63, 3.8) is 0 Å². The fourth-order valence-corrected chi connectivity index (χ4v) is 2.79. The standard InChI is InChI=1S/C13H25N5O/c1-2-3-8-18-13(14-15-16-18)11-17(9-10-19)12-6-4-5-7-12/h12,19H,2-11H2,1H3. The molecular weight excluding hydrogens is 242 g/mol. The van der Waals surface area contributed by atoms with Crippen molar-refractivity contribution in [1.29, 1.82) is 0 Å². The van der Waals surface area contributed by atoms with Gasteiger partial charge in [-0.1, -0.05) is 26.2 Å². The smallest absolute Gasteiger partial charge is 0.165 e. The number of aryl methyl sites for hydroxylation is 1. The Morgan fingerprint density at radius 3 is 2.84 bits per heavy atom. The Hall–Kier alpha value is -1.01. The Morgan fingerprint density at radius 2 is 2.16 bits per heavy atom. The van der Waals surface area contributed by atoms with E-state index in [4.69, 9.17) is 0 Å². The number of nitrogens with zero attached hydrogens (tertiary/aromatic N) is 5. The predicted octanol–water partition coefficient (Wildman–Crippen LogP) is 1.21. The summed E-state index contributed by atoms with van der Waals surface area (Å²) in [6.07, 6.45) is 7.30. The Bertz CT molecular complexity index is 362. The van der Waals surface area contributed by atoms with Gasteiger partial charge >= 0.3 is 0 Å². The molecule has 1 aromatic heterocycles. The second-order valence-corrected chi connectivity index (χ2v) is 5.30. The van der Waals surface area contributed by atoms with E-state index in [1.807, 2.05) is 4.68 Å². The van der Waals surface area contributed by atoms with Crippen LogP contribution < -0.4 is 0 Å². The summed E-state index contributed by atoms with van der Waals surface area (Å²) < 4.78 is 1.91. The minimum atomic E-state index is 0.201. The maximum Gasteiger partial charge on any atom is 0.165 e. The van der Waals surface area contributed by atoms with Crippen molar-refractivity contribution in [2.24, 2.45) is 0 Å². The molecule has 1 fully saturated rings. The summed E-state index contributed by atoms with van der Waals surface area (Å²) in [6.45, 7) is 4.72. The first kappa shape index (κ1) is 14.4. The lowest BCUT2D eigenvalue weighted by Crippen LogP contribution is -2.36. The Labute approximate surface area is 114 Å². The highest BCUT2D eigenvalue weighted by Gasteiger charge is 2.23. The van der Waals surface area contributed by atoms with Crippen LogP contribution in [-0.2, 0) is 13.1 Å². The van der Waals surface area contributed by atoms with Crippen molar-refractivity contribution in [3.05, 3.63) is 5.82 Å². The van der Waals surface area contributed by atoms with E-state index in [-0.39, 0.29) is 6.61 Å². The first-order valence-corrected chi connectivity index (χ1v) is 7.45. The maximum atomic E-state index is 9.24. The molecule has 1 N–H and O–H groups in total. The van der Waals surface area contributed by atoms with Crippen LogP contribution in [0.4, 0.5) is 0 Å². The lowest BCUT2D eigenvalue weighted by molar-refractivity contribution is 0.139. The van der Waals surface area contributed by atoms with Gasteiger partial charge in [-0.2, -0.15) is 0 Å². The lowest BCUT2D eigenvalue weighted by atomic mass is 10.2. The third kappa shape index (κ3) is 3.98. The molecule has 1 saturated carbocycles. The molecule has 0 unspecified atom stereocenters. The lowest BCUT2D eigenvalue weighted by Gasteiger charge is -2.27. The van der Waals surface area contributed by atoms with Crippen LogP contribution in [0, 0.1) is 0 Å². The summed E-state index contributed by atoms with van der Waals surface area (Å²) in [5.41, 5.74) is 0. The fourth-order valence-electron chi connectivity index (χ4n) is 2.79. The molecule has 1 aliphatic carbocycles. The average Bonchev–Trinajstić information content (AvgIpc) is 3.07.